The van der Waals surface area contributed by atoms with E-state index < -0.39 is 5.97 Å². The molecule has 1 aromatic heterocycles. The molecule has 2 rings (SSSR count). The van der Waals surface area contributed by atoms with Crippen LogP contribution >= 0.6 is 0 Å². The predicted octanol–water partition coefficient (Wildman–Crippen LogP) is 1.11. The number of ether oxygens (including phenoxy) is 1. The summed E-state index contributed by atoms with van der Waals surface area (Å²) >= 11 is 0. The zero-order valence-corrected chi connectivity index (χ0v) is 8.89. The molecule has 0 fully saturated rings. The maximum atomic E-state index is 11.3. The molecule has 0 bridgehead atoms. The summed E-state index contributed by atoms with van der Waals surface area (Å²) in [6.45, 7) is 3.55. The minimum Gasteiger partial charge on any atom is -0.483 e. The molecule has 0 saturated heterocycles. The van der Waals surface area contributed by atoms with Gasteiger partial charge in [-0.3, -0.25) is 9.69 Å². The van der Waals surface area contributed by atoms with Gasteiger partial charge in [0.05, 0.1) is 6.54 Å². The Morgan fingerprint density at radius 1 is 1.56 bits per heavy atom. The van der Waals surface area contributed by atoms with Crippen molar-refractivity contribution in [2.24, 2.45) is 0 Å². The van der Waals surface area contributed by atoms with E-state index in [1.54, 1.807) is 6.92 Å². The summed E-state index contributed by atoms with van der Waals surface area (Å²) in [6, 6.07) is 1.28. The summed E-state index contributed by atoms with van der Waals surface area (Å²) in [5.74, 6) is -1.16. The average molecular weight is 225 g/mol. The Morgan fingerprint density at radius 3 is 2.81 bits per heavy atom. The lowest BCUT2D eigenvalue weighted by atomic mass is 10.3. The Morgan fingerprint density at radius 2 is 2.25 bits per heavy atom. The number of hydrogen-bond donors (Lipinski definition) is 1. The first-order valence-corrected chi connectivity index (χ1v) is 4.81. The van der Waals surface area contributed by atoms with Gasteiger partial charge in [0, 0.05) is 13.0 Å². The first-order valence-electron chi connectivity index (χ1n) is 4.81. The first kappa shape index (κ1) is 10.5. The zero-order chi connectivity index (χ0) is 11.9. The van der Waals surface area contributed by atoms with Crippen molar-refractivity contribution in [2.45, 2.75) is 20.0 Å². The highest BCUT2D eigenvalue weighted by molar-refractivity contribution is 5.93. The van der Waals surface area contributed by atoms with Crippen LogP contribution in [0.15, 0.2) is 10.5 Å². The van der Waals surface area contributed by atoms with Crippen molar-refractivity contribution in [3.8, 4) is 5.75 Å². The average Bonchev–Trinajstić information content (AvgIpc) is 2.59. The number of carboxylic acid groups (broad SMARTS) is 1. The normalized spacial score (nSPS) is 18.9. The number of carboxylic acids is 1. The van der Waals surface area contributed by atoms with Gasteiger partial charge in [0.2, 0.25) is 17.6 Å². The highest BCUT2D eigenvalue weighted by Gasteiger charge is 2.31. The van der Waals surface area contributed by atoms with Crippen molar-refractivity contribution in [3.63, 3.8) is 0 Å². The highest BCUT2D eigenvalue weighted by atomic mass is 16.5. The van der Waals surface area contributed by atoms with Crippen molar-refractivity contribution >= 4 is 17.8 Å². The SMILES string of the molecule is CC(=O)N1CC(C)Oc2cc(C(=O)O)oc21. The standard InChI is InChI=1S/C10H11NO5/c1-5-4-11(6(2)12)9-7(15-5)3-8(16-9)10(13)14/h3,5H,4H2,1-2H3,(H,13,14). The lowest BCUT2D eigenvalue weighted by molar-refractivity contribution is -0.117. The summed E-state index contributed by atoms with van der Waals surface area (Å²) in [5, 5.41) is 8.77. The molecule has 0 aromatic carbocycles. The van der Waals surface area contributed by atoms with Gasteiger partial charge in [0.25, 0.3) is 0 Å². The predicted molar refractivity (Wildman–Crippen MR) is 53.8 cm³/mol. The van der Waals surface area contributed by atoms with Crippen molar-refractivity contribution in [2.75, 3.05) is 11.4 Å². The number of furan rings is 1. The Labute approximate surface area is 91.4 Å². The maximum Gasteiger partial charge on any atom is 0.372 e. The van der Waals surface area contributed by atoms with E-state index in [2.05, 4.69) is 0 Å². The Bertz CT molecular complexity index is 450. The minimum atomic E-state index is -1.19. The maximum absolute atomic E-state index is 11.3. The minimum absolute atomic E-state index is 0.169. The smallest absolute Gasteiger partial charge is 0.372 e. The lowest BCUT2D eigenvalue weighted by Crippen LogP contribution is -2.40. The van der Waals surface area contributed by atoms with Crippen LogP contribution in [0.5, 0.6) is 5.75 Å². The van der Waals surface area contributed by atoms with Gasteiger partial charge in [-0.2, -0.15) is 0 Å². The number of hydrogen-bond acceptors (Lipinski definition) is 4. The monoisotopic (exact) mass is 225 g/mol. The molecule has 0 aliphatic carbocycles. The van der Waals surface area contributed by atoms with Crippen LogP contribution in [0, 0.1) is 0 Å². The van der Waals surface area contributed by atoms with E-state index >= 15 is 0 Å². The van der Waals surface area contributed by atoms with Gasteiger partial charge in [-0.15, -0.1) is 0 Å². The molecule has 1 amide bonds. The summed E-state index contributed by atoms with van der Waals surface area (Å²) < 4.78 is 10.5. The number of aromatic carboxylic acids is 1. The second kappa shape index (κ2) is 3.55. The topological polar surface area (TPSA) is 80.0 Å². The third kappa shape index (κ3) is 1.62. The lowest BCUT2D eigenvalue weighted by Gasteiger charge is -2.28. The molecule has 1 atom stereocenters. The van der Waals surface area contributed by atoms with Crippen LogP contribution in [0.25, 0.3) is 0 Å². The summed E-state index contributed by atoms with van der Waals surface area (Å²) in [7, 11) is 0. The van der Waals surface area contributed by atoms with Crippen LogP contribution < -0.4 is 9.64 Å². The number of carbonyl (C=O) groups is 2. The summed E-state index contributed by atoms with van der Waals surface area (Å²) in [6.07, 6.45) is -0.185. The number of amides is 1. The van der Waals surface area contributed by atoms with Gasteiger partial charge in [0.15, 0.2) is 5.75 Å². The zero-order valence-electron chi connectivity index (χ0n) is 8.89. The molecular weight excluding hydrogens is 214 g/mol. The van der Waals surface area contributed by atoms with E-state index in [-0.39, 0.29) is 23.7 Å². The molecule has 1 N–H and O–H groups in total. The molecule has 1 unspecified atom stereocenters. The van der Waals surface area contributed by atoms with Crippen LogP contribution in [-0.2, 0) is 4.79 Å². The van der Waals surface area contributed by atoms with Gasteiger partial charge in [-0.1, -0.05) is 0 Å². The number of rotatable bonds is 1. The quantitative estimate of drug-likeness (QED) is 0.774. The van der Waals surface area contributed by atoms with E-state index in [0.717, 1.165) is 0 Å². The molecule has 2 heterocycles. The van der Waals surface area contributed by atoms with Crippen molar-refractivity contribution in [1.82, 2.24) is 0 Å². The molecule has 0 spiro atoms. The van der Waals surface area contributed by atoms with Crippen molar-refractivity contribution < 1.29 is 23.8 Å². The second-order valence-electron chi connectivity index (χ2n) is 3.64. The molecule has 6 nitrogen and oxygen atoms in total. The van der Waals surface area contributed by atoms with Crippen LogP contribution in [-0.4, -0.2) is 29.6 Å². The van der Waals surface area contributed by atoms with Crippen LogP contribution in [0.3, 0.4) is 0 Å². The molecule has 1 aliphatic heterocycles. The van der Waals surface area contributed by atoms with E-state index in [1.807, 2.05) is 0 Å². The van der Waals surface area contributed by atoms with Crippen molar-refractivity contribution in [1.29, 1.82) is 0 Å². The number of nitrogens with zero attached hydrogens (tertiary/aromatic N) is 1. The van der Waals surface area contributed by atoms with E-state index in [9.17, 15) is 9.59 Å². The molecule has 86 valence electrons. The van der Waals surface area contributed by atoms with E-state index in [0.29, 0.717) is 12.3 Å². The second-order valence-corrected chi connectivity index (χ2v) is 3.64. The summed E-state index contributed by atoms with van der Waals surface area (Å²) in [5.41, 5.74) is 0. The number of fused-ring (bicyclic) bond motifs is 1. The largest absolute Gasteiger partial charge is 0.483 e. The number of anilines is 1. The van der Waals surface area contributed by atoms with Gasteiger partial charge < -0.3 is 14.3 Å². The van der Waals surface area contributed by atoms with Crippen LogP contribution in [0.1, 0.15) is 24.4 Å². The first-order chi connectivity index (χ1) is 7.49. The Balaban J connectivity index is 2.45. The van der Waals surface area contributed by atoms with Crippen LogP contribution in [0.2, 0.25) is 0 Å². The Kier molecular flexibility index (Phi) is 2.34. The molecular formula is C10H11NO5. The van der Waals surface area contributed by atoms with E-state index in [4.69, 9.17) is 14.3 Å². The van der Waals surface area contributed by atoms with Gasteiger partial charge in [0.1, 0.15) is 6.10 Å². The van der Waals surface area contributed by atoms with Gasteiger partial charge >= 0.3 is 5.97 Å². The Hall–Kier alpha value is -1.98. The third-order valence-electron chi connectivity index (χ3n) is 2.28. The third-order valence-corrected chi connectivity index (χ3v) is 2.28. The molecule has 1 aromatic rings. The van der Waals surface area contributed by atoms with Crippen LogP contribution in [0.4, 0.5) is 5.88 Å². The molecule has 0 radical (unpaired) electrons. The molecule has 16 heavy (non-hydrogen) atoms. The van der Waals surface area contributed by atoms with Gasteiger partial charge in [-0.25, -0.2) is 4.79 Å². The highest BCUT2D eigenvalue weighted by Crippen LogP contribution is 2.36. The summed E-state index contributed by atoms with van der Waals surface area (Å²) in [4.78, 5) is 23.4. The molecule has 1 aliphatic rings. The molecule has 0 saturated carbocycles. The van der Waals surface area contributed by atoms with Gasteiger partial charge in [-0.05, 0) is 6.92 Å². The fourth-order valence-corrected chi connectivity index (χ4v) is 1.61. The van der Waals surface area contributed by atoms with E-state index in [1.165, 1.54) is 17.9 Å². The fraction of sp³-hybridized carbons (Fsp3) is 0.400. The van der Waals surface area contributed by atoms with Crippen molar-refractivity contribution in [3.05, 3.63) is 11.8 Å². The fourth-order valence-electron chi connectivity index (χ4n) is 1.61. The molecule has 6 heteroatoms. The number of carbonyl (C=O) groups excluding carboxylic acids is 1.